The molecule has 6 rings (SSSR count). The monoisotopic (exact) mass is 408 g/mol. The summed E-state index contributed by atoms with van der Waals surface area (Å²) in [5, 5.41) is 3.30. The van der Waals surface area contributed by atoms with E-state index in [1.165, 1.54) is 0 Å². The topological polar surface area (TPSA) is 64.7 Å². The van der Waals surface area contributed by atoms with Gasteiger partial charge in [-0.15, -0.1) is 0 Å². The third-order valence-corrected chi connectivity index (χ3v) is 5.24. The standard InChI is InChI=1S/C24H13ClN4O/c25-24-28-22(15-9-11-17-16-6-2-4-8-20(16)30-21(17)13-15)27-23(29-24)19-12-10-14-5-1-3-7-18(14)26-19/h1-13H. The van der Waals surface area contributed by atoms with Gasteiger partial charge in [0.25, 0.3) is 0 Å². The fraction of sp³-hybridized carbons (Fsp3) is 0. The van der Waals surface area contributed by atoms with Crippen LogP contribution in [0.5, 0.6) is 0 Å². The largest absolute Gasteiger partial charge is 0.456 e. The summed E-state index contributed by atoms with van der Waals surface area (Å²) >= 11 is 6.24. The molecule has 142 valence electrons. The minimum absolute atomic E-state index is 0.120. The summed E-state index contributed by atoms with van der Waals surface area (Å²) < 4.78 is 5.99. The van der Waals surface area contributed by atoms with Crippen LogP contribution >= 0.6 is 11.6 Å². The van der Waals surface area contributed by atoms with Gasteiger partial charge in [0, 0.05) is 21.7 Å². The summed E-state index contributed by atoms with van der Waals surface area (Å²) in [5.74, 6) is 0.905. The van der Waals surface area contributed by atoms with Gasteiger partial charge in [-0.3, -0.25) is 0 Å². The first-order valence-corrected chi connectivity index (χ1v) is 9.82. The summed E-state index contributed by atoms with van der Waals surface area (Å²) in [5.41, 5.74) is 3.93. The molecule has 0 fully saturated rings. The van der Waals surface area contributed by atoms with E-state index in [2.05, 4.69) is 19.9 Å². The van der Waals surface area contributed by atoms with Crippen molar-refractivity contribution >= 4 is 44.4 Å². The van der Waals surface area contributed by atoms with Crippen molar-refractivity contribution in [2.24, 2.45) is 0 Å². The molecule has 0 aliphatic heterocycles. The second-order valence-corrected chi connectivity index (χ2v) is 7.29. The van der Waals surface area contributed by atoms with Crippen LogP contribution in [0.2, 0.25) is 5.28 Å². The molecule has 0 spiro atoms. The number of hydrogen-bond donors (Lipinski definition) is 0. The minimum Gasteiger partial charge on any atom is -0.456 e. The van der Waals surface area contributed by atoms with E-state index in [1.54, 1.807) is 0 Å². The number of benzene rings is 3. The number of halogens is 1. The zero-order valence-corrected chi connectivity index (χ0v) is 16.3. The second-order valence-electron chi connectivity index (χ2n) is 6.95. The van der Waals surface area contributed by atoms with Crippen LogP contribution in [0.1, 0.15) is 0 Å². The number of hydrogen-bond acceptors (Lipinski definition) is 5. The van der Waals surface area contributed by atoms with Crippen LogP contribution in [-0.2, 0) is 0 Å². The first kappa shape index (κ1) is 17.1. The second kappa shape index (κ2) is 6.61. The number of pyridine rings is 1. The smallest absolute Gasteiger partial charge is 0.226 e. The van der Waals surface area contributed by atoms with Crippen LogP contribution in [0.25, 0.3) is 55.7 Å². The van der Waals surface area contributed by atoms with Crippen LogP contribution in [0.4, 0.5) is 0 Å². The molecule has 0 unspecified atom stereocenters. The first-order valence-electron chi connectivity index (χ1n) is 9.44. The Morgan fingerprint density at radius 2 is 1.43 bits per heavy atom. The maximum atomic E-state index is 6.24. The Balaban J connectivity index is 1.49. The van der Waals surface area contributed by atoms with Gasteiger partial charge in [-0.25, -0.2) is 9.97 Å². The summed E-state index contributed by atoms with van der Waals surface area (Å²) in [6.45, 7) is 0. The van der Waals surface area contributed by atoms with Crippen LogP contribution < -0.4 is 0 Å². The molecule has 6 heteroatoms. The maximum Gasteiger partial charge on any atom is 0.226 e. The van der Waals surface area contributed by atoms with E-state index in [0.717, 1.165) is 38.4 Å². The predicted octanol–water partition coefficient (Wildman–Crippen LogP) is 6.31. The van der Waals surface area contributed by atoms with Crippen molar-refractivity contribution in [3.05, 3.63) is 84.1 Å². The van der Waals surface area contributed by atoms with Crippen molar-refractivity contribution in [1.82, 2.24) is 19.9 Å². The summed E-state index contributed by atoms with van der Waals surface area (Å²) in [7, 11) is 0. The number of rotatable bonds is 2. The molecule has 0 saturated carbocycles. The summed E-state index contributed by atoms with van der Waals surface area (Å²) in [6, 6.07) is 25.7. The van der Waals surface area contributed by atoms with Crippen molar-refractivity contribution in [3.8, 4) is 22.9 Å². The lowest BCUT2D eigenvalue weighted by atomic mass is 10.1. The Bertz CT molecular complexity index is 1570. The van der Waals surface area contributed by atoms with Crippen LogP contribution in [0, 0.1) is 0 Å². The van der Waals surface area contributed by atoms with E-state index < -0.39 is 0 Å². The van der Waals surface area contributed by atoms with Gasteiger partial charge in [0.1, 0.15) is 16.9 Å². The molecule has 0 amide bonds. The zero-order chi connectivity index (χ0) is 20.1. The lowest BCUT2D eigenvalue weighted by Crippen LogP contribution is -1.98. The molecule has 3 aromatic heterocycles. The summed E-state index contributed by atoms with van der Waals surface area (Å²) in [4.78, 5) is 17.9. The van der Waals surface area contributed by atoms with Crippen molar-refractivity contribution in [2.45, 2.75) is 0 Å². The van der Waals surface area contributed by atoms with Crippen molar-refractivity contribution in [2.75, 3.05) is 0 Å². The zero-order valence-electron chi connectivity index (χ0n) is 15.6. The van der Waals surface area contributed by atoms with E-state index in [0.29, 0.717) is 17.3 Å². The number of aromatic nitrogens is 4. The molecule has 0 bridgehead atoms. The highest BCUT2D eigenvalue weighted by Gasteiger charge is 2.13. The Labute approximate surface area is 176 Å². The Kier molecular flexibility index (Phi) is 3.76. The van der Waals surface area contributed by atoms with Crippen LogP contribution in [-0.4, -0.2) is 19.9 Å². The van der Waals surface area contributed by atoms with Crippen LogP contribution in [0.15, 0.2) is 83.3 Å². The normalized spacial score (nSPS) is 11.5. The lowest BCUT2D eigenvalue weighted by molar-refractivity contribution is 0.669. The summed E-state index contributed by atoms with van der Waals surface area (Å²) in [6.07, 6.45) is 0. The highest BCUT2D eigenvalue weighted by Crippen LogP contribution is 2.31. The first-order chi connectivity index (χ1) is 14.7. The molecule has 6 aromatic rings. The average molecular weight is 409 g/mol. The molecule has 0 aliphatic rings. The Morgan fingerprint density at radius 1 is 0.633 bits per heavy atom. The van der Waals surface area contributed by atoms with Crippen molar-refractivity contribution in [3.63, 3.8) is 0 Å². The fourth-order valence-corrected chi connectivity index (χ4v) is 3.81. The average Bonchev–Trinajstić information content (AvgIpc) is 3.16. The van der Waals surface area contributed by atoms with Crippen molar-refractivity contribution < 1.29 is 4.42 Å². The van der Waals surface area contributed by atoms with Gasteiger partial charge in [-0.05, 0) is 41.9 Å². The van der Waals surface area contributed by atoms with Gasteiger partial charge in [-0.2, -0.15) is 9.97 Å². The molecule has 0 N–H and O–H groups in total. The molecule has 5 nitrogen and oxygen atoms in total. The van der Waals surface area contributed by atoms with Gasteiger partial charge in [0.05, 0.1) is 5.52 Å². The quantitative estimate of drug-likeness (QED) is 0.336. The molecule has 3 heterocycles. The van der Waals surface area contributed by atoms with Gasteiger partial charge in [0.2, 0.25) is 5.28 Å². The molecule has 0 saturated heterocycles. The van der Waals surface area contributed by atoms with Gasteiger partial charge in [-0.1, -0.05) is 48.5 Å². The van der Waals surface area contributed by atoms with Crippen molar-refractivity contribution in [1.29, 1.82) is 0 Å². The molecule has 0 atom stereocenters. The third kappa shape index (κ3) is 2.79. The SMILES string of the molecule is Clc1nc(-c2ccc3c(c2)oc2ccccc23)nc(-c2ccc3ccccc3n2)n1. The fourth-order valence-electron chi connectivity index (χ4n) is 3.65. The Morgan fingerprint density at radius 3 is 2.40 bits per heavy atom. The van der Waals surface area contributed by atoms with E-state index in [4.69, 9.17) is 16.0 Å². The third-order valence-electron chi connectivity index (χ3n) is 5.07. The van der Waals surface area contributed by atoms with Gasteiger partial charge < -0.3 is 4.42 Å². The molecule has 30 heavy (non-hydrogen) atoms. The van der Waals surface area contributed by atoms with Gasteiger partial charge >= 0.3 is 0 Å². The highest BCUT2D eigenvalue weighted by atomic mass is 35.5. The predicted molar refractivity (Wildman–Crippen MR) is 118 cm³/mol. The lowest BCUT2D eigenvalue weighted by Gasteiger charge is -2.05. The number of furan rings is 1. The molecule has 0 aliphatic carbocycles. The molecular formula is C24H13ClN4O. The van der Waals surface area contributed by atoms with Gasteiger partial charge in [0.15, 0.2) is 11.6 Å². The number of nitrogens with zero attached hydrogens (tertiary/aromatic N) is 4. The molecular weight excluding hydrogens is 396 g/mol. The Hall–Kier alpha value is -3.83. The molecule has 0 radical (unpaired) electrons. The van der Waals surface area contributed by atoms with Crippen LogP contribution in [0.3, 0.4) is 0 Å². The molecule has 3 aromatic carbocycles. The van der Waals surface area contributed by atoms with E-state index >= 15 is 0 Å². The maximum absolute atomic E-state index is 6.24. The van der Waals surface area contributed by atoms with E-state index in [9.17, 15) is 0 Å². The highest BCUT2D eigenvalue weighted by molar-refractivity contribution is 6.28. The minimum atomic E-state index is 0.120. The number of fused-ring (bicyclic) bond motifs is 4. The van der Waals surface area contributed by atoms with E-state index in [-0.39, 0.29) is 5.28 Å². The number of para-hydroxylation sites is 2. The van der Waals surface area contributed by atoms with E-state index in [1.807, 2.05) is 78.9 Å².